The normalized spacial score (nSPS) is 18.7. The Bertz CT molecular complexity index is 270. The highest BCUT2D eigenvalue weighted by Gasteiger charge is 2.26. The lowest BCUT2D eigenvalue weighted by Crippen LogP contribution is -2.38. The second-order valence-electron chi connectivity index (χ2n) is 4.85. The summed E-state index contributed by atoms with van der Waals surface area (Å²) in [5.74, 6) is -0.308. The molecule has 1 saturated heterocycles. The van der Waals surface area contributed by atoms with Crippen LogP contribution in [-0.4, -0.2) is 38.9 Å². The SMILES string of the molecule is C=C(CNCC1(C)CCOCC1)C(=O)OCC. The predicted molar refractivity (Wildman–Crippen MR) is 66.8 cm³/mol. The first-order valence-electron chi connectivity index (χ1n) is 6.21. The van der Waals surface area contributed by atoms with Crippen LogP contribution in [0.15, 0.2) is 12.2 Å². The van der Waals surface area contributed by atoms with Crippen LogP contribution in [0.4, 0.5) is 0 Å². The molecule has 0 aromatic carbocycles. The summed E-state index contributed by atoms with van der Waals surface area (Å²) in [5.41, 5.74) is 0.759. The van der Waals surface area contributed by atoms with Gasteiger partial charge in [0.1, 0.15) is 0 Å². The predicted octanol–water partition coefficient (Wildman–Crippen LogP) is 1.51. The van der Waals surface area contributed by atoms with Crippen LogP contribution in [0.2, 0.25) is 0 Å². The van der Waals surface area contributed by atoms with Crippen molar-refractivity contribution in [3.05, 3.63) is 12.2 Å². The van der Waals surface area contributed by atoms with E-state index in [-0.39, 0.29) is 11.4 Å². The smallest absolute Gasteiger partial charge is 0.334 e. The summed E-state index contributed by atoms with van der Waals surface area (Å²) >= 11 is 0. The van der Waals surface area contributed by atoms with Crippen LogP contribution < -0.4 is 5.32 Å². The van der Waals surface area contributed by atoms with Gasteiger partial charge in [0, 0.05) is 31.9 Å². The molecule has 0 radical (unpaired) electrons. The van der Waals surface area contributed by atoms with Gasteiger partial charge in [-0.3, -0.25) is 0 Å². The van der Waals surface area contributed by atoms with Gasteiger partial charge < -0.3 is 14.8 Å². The summed E-state index contributed by atoms with van der Waals surface area (Å²) < 4.78 is 10.2. The highest BCUT2D eigenvalue weighted by molar-refractivity contribution is 5.88. The maximum Gasteiger partial charge on any atom is 0.334 e. The fraction of sp³-hybridized carbons (Fsp3) is 0.769. The Morgan fingerprint density at radius 2 is 2.12 bits per heavy atom. The highest BCUT2D eigenvalue weighted by Crippen LogP contribution is 2.28. The number of rotatable bonds is 6. The Hall–Kier alpha value is -0.870. The fourth-order valence-corrected chi connectivity index (χ4v) is 1.86. The zero-order valence-corrected chi connectivity index (χ0v) is 10.9. The number of hydrogen-bond donors (Lipinski definition) is 1. The molecule has 1 aliphatic rings. The molecule has 4 nitrogen and oxygen atoms in total. The monoisotopic (exact) mass is 241 g/mol. The van der Waals surface area contributed by atoms with Crippen molar-refractivity contribution < 1.29 is 14.3 Å². The van der Waals surface area contributed by atoms with Crippen LogP contribution in [0.25, 0.3) is 0 Å². The summed E-state index contributed by atoms with van der Waals surface area (Å²) in [4.78, 5) is 11.3. The average molecular weight is 241 g/mol. The Morgan fingerprint density at radius 1 is 1.47 bits per heavy atom. The molecule has 0 bridgehead atoms. The number of ether oxygens (including phenoxy) is 2. The van der Waals surface area contributed by atoms with Crippen LogP contribution in [0, 0.1) is 5.41 Å². The summed E-state index contributed by atoms with van der Waals surface area (Å²) in [6, 6.07) is 0. The second kappa shape index (κ2) is 6.77. The van der Waals surface area contributed by atoms with Crippen LogP contribution in [0.5, 0.6) is 0 Å². The van der Waals surface area contributed by atoms with Crippen molar-refractivity contribution in [2.75, 3.05) is 32.9 Å². The molecule has 0 aromatic rings. The first-order chi connectivity index (χ1) is 8.07. The number of carbonyl (C=O) groups is 1. The lowest BCUT2D eigenvalue weighted by atomic mass is 9.82. The van der Waals surface area contributed by atoms with Gasteiger partial charge in [-0.25, -0.2) is 4.79 Å². The third-order valence-corrected chi connectivity index (χ3v) is 3.15. The van der Waals surface area contributed by atoms with Gasteiger partial charge in [-0.15, -0.1) is 0 Å². The molecule has 1 aliphatic heterocycles. The van der Waals surface area contributed by atoms with Crippen molar-refractivity contribution in [1.29, 1.82) is 0 Å². The van der Waals surface area contributed by atoms with E-state index in [0.717, 1.165) is 32.6 Å². The van der Waals surface area contributed by atoms with Gasteiger partial charge in [0.25, 0.3) is 0 Å². The molecule has 0 aromatic heterocycles. The fourth-order valence-electron chi connectivity index (χ4n) is 1.86. The molecule has 1 fully saturated rings. The number of carbonyl (C=O) groups excluding carboxylic acids is 1. The maximum atomic E-state index is 11.3. The molecule has 0 atom stereocenters. The molecule has 4 heteroatoms. The summed E-state index contributed by atoms with van der Waals surface area (Å²) in [6.45, 7) is 11.2. The summed E-state index contributed by atoms with van der Waals surface area (Å²) in [5, 5.41) is 3.28. The molecule has 17 heavy (non-hydrogen) atoms. The zero-order chi connectivity index (χ0) is 12.7. The summed E-state index contributed by atoms with van der Waals surface area (Å²) in [6.07, 6.45) is 2.12. The van der Waals surface area contributed by atoms with E-state index in [0.29, 0.717) is 18.7 Å². The standard InChI is InChI=1S/C13H23NO3/c1-4-17-12(15)11(2)9-14-10-13(3)5-7-16-8-6-13/h14H,2,4-10H2,1,3H3. The molecule has 0 aliphatic carbocycles. The first kappa shape index (κ1) is 14.2. The summed E-state index contributed by atoms with van der Waals surface area (Å²) in [7, 11) is 0. The van der Waals surface area contributed by atoms with Gasteiger partial charge in [0.05, 0.1) is 6.61 Å². The van der Waals surface area contributed by atoms with E-state index in [1.165, 1.54) is 0 Å². The lowest BCUT2D eigenvalue weighted by molar-refractivity contribution is -0.138. The molecule has 1 N–H and O–H groups in total. The highest BCUT2D eigenvalue weighted by atomic mass is 16.5. The van der Waals surface area contributed by atoms with E-state index in [9.17, 15) is 4.79 Å². The second-order valence-corrected chi connectivity index (χ2v) is 4.85. The van der Waals surface area contributed by atoms with Crippen LogP contribution >= 0.6 is 0 Å². The molecular weight excluding hydrogens is 218 g/mol. The van der Waals surface area contributed by atoms with Gasteiger partial charge in [0.15, 0.2) is 0 Å². The van der Waals surface area contributed by atoms with E-state index in [1.807, 2.05) is 0 Å². The number of esters is 1. The minimum absolute atomic E-state index is 0.271. The van der Waals surface area contributed by atoms with Gasteiger partial charge in [0.2, 0.25) is 0 Å². The van der Waals surface area contributed by atoms with E-state index >= 15 is 0 Å². The molecule has 1 heterocycles. The van der Waals surface area contributed by atoms with Crippen molar-refractivity contribution >= 4 is 5.97 Å². The largest absolute Gasteiger partial charge is 0.463 e. The molecule has 0 saturated carbocycles. The molecule has 1 rings (SSSR count). The zero-order valence-electron chi connectivity index (χ0n) is 10.9. The minimum atomic E-state index is -0.308. The van der Waals surface area contributed by atoms with Crippen LogP contribution in [-0.2, 0) is 14.3 Å². The Labute approximate surface area is 103 Å². The molecule has 98 valence electrons. The lowest BCUT2D eigenvalue weighted by Gasteiger charge is -2.33. The van der Waals surface area contributed by atoms with Crippen molar-refractivity contribution in [2.45, 2.75) is 26.7 Å². The molecule has 0 amide bonds. The van der Waals surface area contributed by atoms with Gasteiger partial charge in [-0.05, 0) is 25.2 Å². The van der Waals surface area contributed by atoms with Gasteiger partial charge in [-0.2, -0.15) is 0 Å². The van der Waals surface area contributed by atoms with Crippen LogP contribution in [0.3, 0.4) is 0 Å². The topological polar surface area (TPSA) is 47.6 Å². The van der Waals surface area contributed by atoms with Crippen LogP contribution in [0.1, 0.15) is 26.7 Å². The Balaban J connectivity index is 2.22. The van der Waals surface area contributed by atoms with E-state index in [1.54, 1.807) is 6.92 Å². The first-order valence-corrected chi connectivity index (χ1v) is 6.21. The van der Waals surface area contributed by atoms with E-state index in [4.69, 9.17) is 9.47 Å². The Morgan fingerprint density at radius 3 is 2.71 bits per heavy atom. The number of hydrogen-bond acceptors (Lipinski definition) is 4. The van der Waals surface area contributed by atoms with Crippen molar-refractivity contribution in [1.82, 2.24) is 5.32 Å². The third-order valence-electron chi connectivity index (χ3n) is 3.15. The third kappa shape index (κ3) is 4.88. The number of nitrogens with one attached hydrogen (secondary N) is 1. The maximum absolute atomic E-state index is 11.3. The molecule has 0 unspecified atom stereocenters. The van der Waals surface area contributed by atoms with Crippen molar-refractivity contribution in [3.63, 3.8) is 0 Å². The quantitative estimate of drug-likeness (QED) is 0.565. The van der Waals surface area contributed by atoms with Crippen molar-refractivity contribution in [3.8, 4) is 0 Å². The van der Waals surface area contributed by atoms with E-state index in [2.05, 4.69) is 18.8 Å². The van der Waals surface area contributed by atoms with E-state index < -0.39 is 0 Å². The average Bonchev–Trinajstić information content (AvgIpc) is 2.30. The Kier molecular flexibility index (Phi) is 5.65. The van der Waals surface area contributed by atoms with Gasteiger partial charge in [-0.1, -0.05) is 13.5 Å². The van der Waals surface area contributed by atoms with Crippen molar-refractivity contribution in [2.24, 2.45) is 5.41 Å². The minimum Gasteiger partial charge on any atom is -0.463 e. The van der Waals surface area contributed by atoms with Gasteiger partial charge >= 0.3 is 5.97 Å². The molecule has 0 spiro atoms. The molecular formula is C13H23NO3.